The Bertz CT molecular complexity index is 918. The molecule has 7 nitrogen and oxygen atoms in total. The number of hydrogen-bond donors (Lipinski definition) is 1. The number of carbonyl (C=O) groups excluding carboxylic acids is 1. The Morgan fingerprint density at radius 2 is 1.86 bits per heavy atom. The van der Waals surface area contributed by atoms with E-state index in [1.807, 2.05) is 56.3 Å². The molecule has 1 aromatic carbocycles. The van der Waals surface area contributed by atoms with E-state index in [2.05, 4.69) is 15.4 Å². The van der Waals surface area contributed by atoms with Gasteiger partial charge in [0.1, 0.15) is 11.5 Å². The minimum Gasteiger partial charge on any atom is -0.497 e. The monoisotopic (exact) mass is 380 g/mol. The summed E-state index contributed by atoms with van der Waals surface area (Å²) >= 11 is 0. The number of aryl methyl sites for hydroxylation is 2. The van der Waals surface area contributed by atoms with Crippen LogP contribution >= 0.6 is 0 Å². The summed E-state index contributed by atoms with van der Waals surface area (Å²) in [5.41, 5.74) is 2.91. The van der Waals surface area contributed by atoms with Crippen molar-refractivity contribution in [3.63, 3.8) is 0 Å². The standard InChI is InChI=1S/C21H24N4O3/c1-15-12-16(2)25(24-15)20-9-4-17(13-22-20)14-23-21(26)10-11-28-19-7-5-18(27-3)6-8-19/h4-9,12-13H,10-11,14H2,1-3H3,(H,23,26). The minimum atomic E-state index is -0.0730. The van der Waals surface area contributed by atoms with E-state index >= 15 is 0 Å². The van der Waals surface area contributed by atoms with Crippen LogP contribution in [0.5, 0.6) is 11.5 Å². The molecule has 3 aromatic rings. The van der Waals surface area contributed by atoms with Gasteiger partial charge in [-0.05, 0) is 55.8 Å². The predicted octanol–water partition coefficient (Wildman–Crippen LogP) is 2.98. The normalized spacial score (nSPS) is 10.5. The molecule has 1 N–H and O–H groups in total. The third-order valence-corrected chi connectivity index (χ3v) is 4.18. The van der Waals surface area contributed by atoms with E-state index in [1.54, 1.807) is 18.0 Å². The average Bonchev–Trinajstić information content (AvgIpc) is 3.05. The molecule has 0 radical (unpaired) electrons. The number of amides is 1. The van der Waals surface area contributed by atoms with Crippen LogP contribution in [0.25, 0.3) is 5.82 Å². The van der Waals surface area contributed by atoms with Gasteiger partial charge in [0.25, 0.3) is 0 Å². The third kappa shape index (κ3) is 5.09. The number of aromatic nitrogens is 3. The fraction of sp³-hybridized carbons (Fsp3) is 0.286. The summed E-state index contributed by atoms with van der Waals surface area (Å²) in [5, 5.41) is 7.29. The molecule has 0 aliphatic carbocycles. The fourth-order valence-corrected chi connectivity index (χ4v) is 2.73. The summed E-state index contributed by atoms with van der Waals surface area (Å²) in [6.07, 6.45) is 2.03. The highest BCUT2D eigenvalue weighted by Gasteiger charge is 2.06. The topological polar surface area (TPSA) is 78.3 Å². The quantitative estimate of drug-likeness (QED) is 0.650. The van der Waals surface area contributed by atoms with Crippen LogP contribution in [0, 0.1) is 13.8 Å². The SMILES string of the molecule is COc1ccc(OCCC(=O)NCc2ccc(-n3nc(C)cc3C)nc2)cc1. The van der Waals surface area contributed by atoms with E-state index in [0.717, 1.165) is 28.5 Å². The first kappa shape index (κ1) is 19.4. The summed E-state index contributed by atoms with van der Waals surface area (Å²) in [5.74, 6) is 2.16. The second-order valence-corrected chi connectivity index (χ2v) is 6.41. The van der Waals surface area contributed by atoms with Crippen molar-refractivity contribution in [3.8, 4) is 17.3 Å². The lowest BCUT2D eigenvalue weighted by atomic mass is 10.2. The molecule has 0 atom stereocenters. The molecule has 0 unspecified atom stereocenters. The molecule has 1 amide bonds. The Kier molecular flexibility index (Phi) is 6.26. The highest BCUT2D eigenvalue weighted by atomic mass is 16.5. The Balaban J connectivity index is 1.43. The summed E-state index contributed by atoms with van der Waals surface area (Å²) in [6.45, 7) is 4.68. The van der Waals surface area contributed by atoms with E-state index in [0.29, 0.717) is 18.9 Å². The maximum atomic E-state index is 12.0. The zero-order chi connectivity index (χ0) is 19.9. The van der Waals surface area contributed by atoms with E-state index in [-0.39, 0.29) is 12.3 Å². The zero-order valence-corrected chi connectivity index (χ0v) is 16.3. The van der Waals surface area contributed by atoms with Gasteiger partial charge in [0.05, 0.1) is 25.8 Å². The Morgan fingerprint density at radius 3 is 2.46 bits per heavy atom. The van der Waals surface area contributed by atoms with E-state index in [4.69, 9.17) is 9.47 Å². The van der Waals surface area contributed by atoms with Crippen LogP contribution in [0.3, 0.4) is 0 Å². The van der Waals surface area contributed by atoms with Gasteiger partial charge in [-0.25, -0.2) is 9.67 Å². The van der Waals surface area contributed by atoms with Gasteiger partial charge < -0.3 is 14.8 Å². The molecule has 0 aliphatic heterocycles. The number of hydrogen-bond acceptors (Lipinski definition) is 5. The molecule has 0 saturated carbocycles. The maximum absolute atomic E-state index is 12.0. The van der Waals surface area contributed by atoms with Crippen LogP contribution < -0.4 is 14.8 Å². The molecule has 0 bridgehead atoms. The van der Waals surface area contributed by atoms with Gasteiger partial charge in [-0.15, -0.1) is 0 Å². The van der Waals surface area contributed by atoms with Crippen LogP contribution in [0.15, 0.2) is 48.7 Å². The van der Waals surface area contributed by atoms with Gasteiger partial charge in [-0.2, -0.15) is 5.10 Å². The first-order chi connectivity index (χ1) is 13.5. The second kappa shape index (κ2) is 9.03. The van der Waals surface area contributed by atoms with Crippen molar-refractivity contribution < 1.29 is 14.3 Å². The van der Waals surface area contributed by atoms with Gasteiger partial charge in [-0.1, -0.05) is 6.07 Å². The molecule has 28 heavy (non-hydrogen) atoms. The smallest absolute Gasteiger partial charge is 0.223 e. The van der Waals surface area contributed by atoms with E-state index < -0.39 is 0 Å². The molecular weight excluding hydrogens is 356 g/mol. The van der Waals surface area contributed by atoms with E-state index in [1.165, 1.54) is 0 Å². The largest absolute Gasteiger partial charge is 0.497 e. The lowest BCUT2D eigenvalue weighted by Crippen LogP contribution is -2.24. The number of methoxy groups -OCH3 is 1. The van der Waals surface area contributed by atoms with Crippen LogP contribution in [0.1, 0.15) is 23.4 Å². The van der Waals surface area contributed by atoms with Crippen LogP contribution in [0.2, 0.25) is 0 Å². The van der Waals surface area contributed by atoms with Crippen molar-refractivity contribution in [1.29, 1.82) is 0 Å². The van der Waals surface area contributed by atoms with Crippen molar-refractivity contribution in [2.75, 3.05) is 13.7 Å². The molecule has 2 aromatic heterocycles. The van der Waals surface area contributed by atoms with Crippen molar-refractivity contribution >= 4 is 5.91 Å². The molecule has 3 rings (SSSR count). The van der Waals surface area contributed by atoms with Gasteiger partial charge >= 0.3 is 0 Å². The van der Waals surface area contributed by atoms with Gasteiger partial charge in [0.15, 0.2) is 5.82 Å². The van der Waals surface area contributed by atoms with Crippen molar-refractivity contribution in [3.05, 3.63) is 65.6 Å². The van der Waals surface area contributed by atoms with Crippen LogP contribution in [0.4, 0.5) is 0 Å². The number of carbonyl (C=O) groups is 1. The number of nitrogens with one attached hydrogen (secondary N) is 1. The average molecular weight is 380 g/mol. The van der Waals surface area contributed by atoms with Gasteiger partial charge in [0.2, 0.25) is 5.91 Å². The molecule has 146 valence electrons. The summed E-state index contributed by atoms with van der Waals surface area (Å²) < 4.78 is 12.5. The van der Waals surface area contributed by atoms with Crippen LogP contribution in [-0.2, 0) is 11.3 Å². The molecule has 0 spiro atoms. The van der Waals surface area contributed by atoms with Crippen molar-refractivity contribution in [1.82, 2.24) is 20.1 Å². The zero-order valence-electron chi connectivity index (χ0n) is 16.3. The lowest BCUT2D eigenvalue weighted by molar-refractivity contribution is -0.121. The first-order valence-electron chi connectivity index (χ1n) is 9.07. The molecule has 0 aliphatic rings. The summed E-state index contributed by atoms with van der Waals surface area (Å²) in [6, 6.07) is 13.1. The van der Waals surface area contributed by atoms with Crippen molar-refractivity contribution in [2.24, 2.45) is 0 Å². The number of nitrogens with zero attached hydrogens (tertiary/aromatic N) is 3. The van der Waals surface area contributed by atoms with Gasteiger partial charge in [0, 0.05) is 18.4 Å². The number of benzene rings is 1. The molecule has 0 fully saturated rings. The van der Waals surface area contributed by atoms with Gasteiger partial charge in [-0.3, -0.25) is 4.79 Å². The number of pyridine rings is 1. The molecule has 2 heterocycles. The predicted molar refractivity (Wildman–Crippen MR) is 106 cm³/mol. The molecular formula is C21H24N4O3. The summed E-state index contributed by atoms with van der Waals surface area (Å²) in [4.78, 5) is 16.4. The number of ether oxygens (including phenoxy) is 2. The Hall–Kier alpha value is -3.35. The van der Waals surface area contributed by atoms with E-state index in [9.17, 15) is 4.79 Å². The number of rotatable bonds is 8. The molecule has 0 saturated heterocycles. The lowest BCUT2D eigenvalue weighted by Gasteiger charge is -2.09. The highest BCUT2D eigenvalue weighted by molar-refractivity contribution is 5.75. The van der Waals surface area contributed by atoms with Crippen molar-refractivity contribution in [2.45, 2.75) is 26.8 Å². The maximum Gasteiger partial charge on any atom is 0.223 e. The second-order valence-electron chi connectivity index (χ2n) is 6.41. The Morgan fingerprint density at radius 1 is 1.11 bits per heavy atom. The first-order valence-corrected chi connectivity index (χ1v) is 9.07. The minimum absolute atomic E-state index is 0.0730. The fourth-order valence-electron chi connectivity index (χ4n) is 2.73. The Labute approximate surface area is 164 Å². The third-order valence-electron chi connectivity index (χ3n) is 4.18. The molecule has 7 heteroatoms. The highest BCUT2D eigenvalue weighted by Crippen LogP contribution is 2.17. The summed E-state index contributed by atoms with van der Waals surface area (Å²) in [7, 11) is 1.61. The van der Waals surface area contributed by atoms with Crippen LogP contribution in [-0.4, -0.2) is 34.4 Å².